The van der Waals surface area contributed by atoms with Crippen LogP contribution in [0.2, 0.25) is 0 Å². The van der Waals surface area contributed by atoms with Crippen LogP contribution in [0.4, 0.5) is 5.69 Å². The third-order valence-electron chi connectivity index (χ3n) is 2.36. The highest BCUT2D eigenvalue weighted by Gasteiger charge is 2.10. The van der Waals surface area contributed by atoms with Crippen LogP contribution >= 0.6 is 15.9 Å². The van der Waals surface area contributed by atoms with Crippen LogP contribution in [0.3, 0.4) is 0 Å². The second-order valence-electron chi connectivity index (χ2n) is 3.62. The van der Waals surface area contributed by atoms with E-state index in [-0.39, 0.29) is 5.76 Å². The molecule has 0 aliphatic rings. The number of carbonyl (C=O) groups is 1. The van der Waals surface area contributed by atoms with E-state index in [1.807, 2.05) is 24.3 Å². The molecule has 1 N–H and O–H groups in total. The second kappa shape index (κ2) is 5.73. The van der Waals surface area contributed by atoms with Gasteiger partial charge in [-0.3, -0.25) is 0 Å². The minimum absolute atomic E-state index is 0.213. The van der Waals surface area contributed by atoms with Gasteiger partial charge in [0.1, 0.15) is 5.76 Å². The van der Waals surface area contributed by atoms with Gasteiger partial charge in [-0.05, 0) is 36.4 Å². The highest BCUT2D eigenvalue weighted by molar-refractivity contribution is 9.10. The molecule has 0 fully saturated rings. The summed E-state index contributed by atoms with van der Waals surface area (Å²) in [6, 6.07) is 11.2. The number of methoxy groups -OCH3 is 1. The summed E-state index contributed by atoms with van der Waals surface area (Å²) in [6.45, 7) is 0.513. The third kappa shape index (κ3) is 3.13. The number of esters is 1. The van der Waals surface area contributed by atoms with Crippen LogP contribution < -0.4 is 5.32 Å². The van der Waals surface area contributed by atoms with Crippen LogP contribution in [0.5, 0.6) is 0 Å². The number of carbonyl (C=O) groups excluding carboxylic acids is 1. The number of ether oxygens (including phenoxy) is 1. The fourth-order valence-corrected chi connectivity index (χ4v) is 1.70. The Kier molecular flexibility index (Phi) is 4.04. The van der Waals surface area contributed by atoms with Crippen LogP contribution in [0.15, 0.2) is 45.3 Å². The minimum Gasteiger partial charge on any atom is -0.463 e. The SMILES string of the molecule is COC(=O)c1ccc(CNc2ccc(Br)cc2)o1. The lowest BCUT2D eigenvalue weighted by Gasteiger charge is -2.04. The molecule has 0 saturated carbocycles. The maximum Gasteiger partial charge on any atom is 0.373 e. The monoisotopic (exact) mass is 309 g/mol. The van der Waals surface area contributed by atoms with Crippen LogP contribution in [0, 0.1) is 0 Å². The van der Waals surface area contributed by atoms with Crippen LogP contribution in [-0.2, 0) is 11.3 Å². The van der Waals surface area contributed by atoms with Crippen LogP contribution in [0.25, 0.3) is 0 Å². The molecule has 2 rings (SSSR count). The molecule has 0 unspecified atom stereocenters. The van der Waals surface area contributed by atoms with Gasteiger partial charge in [-0.1, -0.05) is 15.9 Å². The van der Waals surface area contributed by atoms with Crippen molar-refractivity contribution >= 4 is 27.6 Å². The summed E-state index contributed by atoms with van der Waals surface area (Å²) in [7, 11) is 1.32. The van der Waals surface area contributed by atoms with E-state index in [0.717, 1.165) is 10.2 Å². The number of nitrogens with one attached hydrogen (secondary N) is 1. The van der Waals surface area contributed by atoms with Gasteiger partial charge >= 0.3 is 5.97 Å². The fourth-order valence-electron chi connectivity index (χ4n) is 1.44. The molecule has 0 aliphatic heterocycles. The van der Waals surface area contributed by atoms with E-state index < -0.39 is 5.97 Å². The van der Waals surface area contributed by atoms with Crippen molar-refractivity contribution < 1.29 is 13.9 Å². The molecule has 0 aliphatic carbocycles. The maximum atomic E-state index is 11.2. The summed E-state index contributed by atoms with van der Waals surface area (Å²) >= 11 is 3.37. The van der Waals surface area contributed by atoms with Crippen molar-refractivity contribution in [2.45, 2.75) is 6.54 Å². The quantitative estimate of drug-likeness (QED) is 0.879. The lowest BCUT2D eigenvalue weighted by molar-refractivity contribution is 0.0563. The Hall–Kier alpha value is -1.75. The molecule has 1 heterocycles. The van der Waals surface area contributed by atoms with E-state index in [2.05, 4.69) is 26.0 Å². The normalized spacial score (nSPS) is 10.1. The summed E-state index contributed by atoms with van der Waals surface area (Å²) in [5, 5.41) is 3.19. The first-order chi connectivity index (χ1) is 8.69. The first-order valence-corrected chi connectivity index (χ1v) is 6.15. The zero-order valence-corrected chi connectivity index (χ0v) is 11.4. The average Bonchev–Trinajstić information content (AvgIpc) is 2.86. The van der Waals surface area contributed by atoms with E-state index >= 15 is 0 Å². The van der Waals surface area contributed by atoms with Crippen molar-refractivity contribution in [3.05, 3.63) is 52.4 Å². The molecule has 0 saturated heterocycles. The van der Waals surface area contributed by atoms with Crippen molar-refractivity contribution in [2.24, 2.45) is 0 Å². The van der Waals surface area contributed by atoms with Gasteiger partial charge in [-0.25, -0.2) is 4.79 Å². The molecular weight excluding hydrogens is 298 g/mol. The van der Waals surface area contributed by atoms with Gasteiger partial charge < -0.3 is 14.5 Å². The van der Waals surface area contributed by atoms with Gasteiger partial charge in [0.2, 0.25) is 5.76 Å². The van der Waals surface area contributed by atoms with E-state index in [9.17, 15) is 4.79 Å². The molecule has 1 aromatic heterocycles. The molecule has 0 radical (unpaired) electrons. The summed E-state index contributed by atoms with van der Waals surface area (Å²) in [5.41, 5.74) is 0.981. The highest BCUT2D eigenvalue weighted by atomic mass is 79.9. The molecule has 0 spiro atoms. The number of benzene rings is 1. The van der Waals surface area contributed by atoms with E-state index in [4.69, 9.17) is 4.42 Å². The number of hydrogen-bond acceptors (Lipinski definition) is 4. The van der Waals surface area contributed by atoms with Gasteiger partial charge in [-0.15, -0.1) is 0 Å². The van der Waals surface area contributed by atoms with Crippen molar-refractivity contribution in [3.63, 3.8) is 0 Å². The molecule has 1 aromatic carbocycles. The van der Waals surface area contributed by atoms with Crippen LogP contribution in [-0.4, -0.2) is 13.1 Å². The molecule has 0 amide bonds. The topological polar surface area (TPSA) is 51.5 Å². The predicted octanol–water partition coefficient (Wildman–Crippen LogP) is 3.44. The molecule has 94 valence electrons. The molecule has 18 heavy (non-hydrogen) atoms. The first-order valence-electron chi connectivity index (χ1n) is 5.35. The maximum absolute atomic E-state index is 11.2. The van der Waals surface area contributed by atoms with Gasteiger partial charge in [-0.2, -0.15) is 0 Å². The average molecular weight is 310 g/mol. The number of rotatable bonds is 4. The number of halogens is 1. The van der Waals surface area contributed by atoms with Crippen molar-refractivity contribution in [1.29, 1.82) is 0 Å². The minimum atomic E-state index is -0.468. The highest BCUT2D eigenvalue weighted by Crippen LogP contribution is 2.16. The standard InChI is InChI=1S/C13H12BrNO3/c1-17-13(16)12-7-6-11(18-12)8-15-10-4-2-9(14)3-5-10/h2-7,15H,8H2,1H3. The smallest absolute Gasteiger partial charge is 0.373 e. The Labute approximate surface area is 113 Å². The Balaban J connectivity index is 1.96. The Morgan fingerprint density at radius 2 is 2.00 bits per heavy atom. The Bertz CT molecular complexity index is 533. The Morgan fingerprint density at radius 3 is 2.67 bits per heavy atom. The van der Waals surface area contributed by atoms with E-state index in [0.29, 0.717) is 12.3 Å². The predicted molar refractivity (Wildman–Crippen MR) is 71.5 cm³/mol. The van der Waals surface area contributed by atoms with Gasteiger partial charge in [0, 0.05) is 10.2 Å². The summed E-state index contributed by atoms with van der Waals surface area (Å²) in [6.07, 6.45) is 0. The molecule has 4 nitrogen and oxygen atoms in total. The number of hydrogen-bond donors (Lipinski definition) is 1. The fraction of sp³-hybridized carbons (Fsp3) is 0.154. The third-order valence-corrected chi connectivity index (χ3v) is 2.89. The summed E-state index contributed by atoms with van der Waals surface area (Å²) in [4.78, 5) is 11.2. The van der Waals surface area contributed by atoms with E-state index in [1.54, 1.807) is 12.1 Å². The molecule has 0 atom stereocenters. The lowest BCUT2D eigenvalue weighted by Crippen LogP contribution is -2.00. The summed E-state index contributed by atoms with van der Waals surface area (Å²) in [5.74, 6) is 0.424. The molecule has 5 heteroatoms. The first kappa shape index (κ1) is 12.7. The van der Waals surface area contributed by atoms with E-state index in [1.165, 1.54) is 7.11 Å². The Morgan fingerprint density at radius 1 is 1.28 bits per heavy atom. The lowest BCUT2D eigenvalue weighted by atomic mass is 10.3. The molecule has 0 bridgehead atoms. The van der Waals surface area contributed by atoms with Crippen molar-refractivity contribution in [1.82, 2.24) is 0 Å². The molecule has 2 aromatic rings. The van der Waals surface area contributed by atoms with Crippen molar-refractivity contribution in [3.8, 4) is 0 Å². The summed E-state index contributed by atoms with van der Waals surface area (Å²) < 4.78 is 10.9. The van der Waals surface area contributed by atoms with Crippen molar-refractivity contribution in [2.75, 3.05) is 12.4 Å². The van der Waals surface area contributed by atoms with Gasteiger partial charge in [0.25, 0.3) is 0 Å². The zero-order valence-electron chi connectivity index (χ0n) is 9.77. The van der Waals surface area contributed by atoms with Gasteiger partial charge in [0.15, 0.2) is 0 Å². The number of anilines is 1. The molecular formula is C13H12BrNO3. The zero-order chi connectivity index (χ0) is 13.0. The van der Waals surface area contributed by atoms with Gasteiger partial charge in [0.05, 0.1) is 13.7 Å². The largest absolute Gasteiger partial charge is 0.463 e. The van der Waals surface area contributed by atoms with Crippen LogP contribution in [0.1, 0.15) is 16.3 Å². The number of furan rings is 1. The second-order valence-corrected chi connectivity index (χ2v) is 4.53.